The second kappa shape index (κ2) is 9.89. The summed E-state index contributed by atoms with van der Waals surface area (Å²) < 4.78 is 27.7. The highest BCUT2D eigenvalue weighted by Crippen LogP contribution is 2.53. The fraction of sp³-hybridized carbons (Fsp3) is 0.393. The Kier molecular flexibility index (Phi) is 6.86. The van der Waals surface area contributed by atoms with Crippen molar-refractivity contribution < 1.29 is 27.9 Å². The molecule has 39 heavy (non-hydrogen) atoms. The van der Waals surface area contributed by atoms with Gasteiger partial charge in [-0.05, 0) is 57.3 Å². The smallest absolute Gasteiger partial charge is 0.296 e. The highest BCUT2D eigenvalue weighted by atomic mass is 32.2. The van der Waals surface area contributed by atoms with Gasteiger partial charge in [-0.3, -0.25) is 14.4 Å². The van der Waals surface area contributed by atoms with E-state index in [4.69, 9.17) is 0 Å². The molecule has 2 aromatic carbocycles. The van der Waals surface area contributed by atoms with Gasteiger partial charge in [0.15, 0.2) is 5.54 Å². The summed E-state index contributed by atoms with van der Waals surface area (Å²) in [6, 6.07) is 12.5. The fourth-order valence-electron chi connectivity index (χ4n) is 5.75. The van der Waals surface area contributed by atoms with Crippen LogP contribution in [-0.2, 0) is 29.9 Å². The molecule has 2 fully saturated rings. The number of aliphatic hydroxyl groups is 1. The summed E-state index contributed by atoms with van der Waals surface area (Å²) in [5.41, 5.74) is -1.05. The number of anilines is 1. The maximum atomic E-state index is 14.0. The van der Waals surface area contributed by atoms with Crippen LogP contribution in [0.3, 0.4) is 0 Å². The van der Waals surface area contributed by atoms with E-state index in [-0.39, 0.29) is 22.6 Å². The molecule has 3 aliphatic rings. The second-order valence-electron chi connectivity index (χ2n) is 10.4. The molecule has 0 unspecified atom stereocenters. The topological polar surface area (TPSA) is 119 Å². The number of likely N-dealkylation sites (tertiary alicyclic amines) is 1. The number of piperidine rings is 1. The standard InChI is InChI=1S/C28H32N4O6S/c1-29(2)17-18-32-26(35)25(34)23(28(32)21-9-5-6-10-22(21)30(3)27(28)36)24(33)19-11-13-20(14-12-19)39(37,38)31-15-7-4-8-16-31/h5-6,9-14,33H,4,7-8,15-18H2,1-3H3/t28-/m1/s1. The summed E-state index contributed by atoms with van der Waals surface area (Å²) >= 11 is 0. The van der Waals surface area contributed by atoms with Gasteiger partial charge in [-0.1, -0.05) is 24.6 Å². The molecule has 0 bridgehead atoms. The third-order valence-electron chi connectivity index (χ3n) is 7.79. The minimum absolute atomic E-state index is 0.0733. The van der Waals surface area contributed by atoms with Crippen LogP contribution in [0.1, 0.15) is 30.4 Å². The van der Waals surface area contributed by atoms with E-state index in [0.29, 0.717) is 30.9 Å². The van der Waals surface area contributed by atoms with Crippen LogP contribution in [0.4, 0.5) is 5.69 Å². The minimum atomic E-state index is -3.70. The number of amides is 2. The number of para-hydroxylation sites is 1. The molecule has 10 nitrogen and oxygen atoms in total. The first kappa shape index (κ1) is 27.0. The Bertz CT molecular complexity index is 1480. The molecule has 3 heterocycles. The molecule has 11 heteroatoms. The molecule has 3 aliphatic heterocycles. The van der Waals surface area contributed by atoms with Crippen LogP contribution < -0.4 is 4.90 Å². The summed E-state index contributed by atoms with van der Waals surface area (Å²) in [5, 5.41) is 11.5. The van der Waals surface area contributed by atoms with Gasteiger partial charge in [0.25, 0.3) is 17.6 Å². The van der Waals surface area contributed by atoms with Gasteiger partial charge >= 0.3 is 0 Å². The number of carbonyl (C=O) groups excluding carboxylic acids is 3. The first-order chi connectivity index (χ1) is 18.5. The number of likely N-dealkylation sites (N-methyl/N-ethyl adjacent to an activating group) is 2. The van der Waals surface area contributed by atoms with Gasteiger partial charge < -0.3 is 19.8 Å². The summed E-state index contributed by atoms with van der Waals surface area (Å²) in [5.74, 6) is -2.88. The van der Waals surface area contributed by atoms with Crippen molar-refractivity contribution in [2.45, 2.75) is 29.7 Å². The van der Waals surface area contributed by atoms with Crippen molar-refractivity contribution in [3.8, 4) is 0 Å². The Morgan fingerprint density at radius 3 is 2.26 bits per heavy atom. The normalized spacial score (nSPS) is 23.3. The summed E-state index contributed by atoms with van der Waals surface area (Å²) in [6.07, 6.45) is 2.59. The number of carbonyl (C=O) groups is 3. The molecule has 1 N–H and O–H groups in total. The number of aliphatic hydroxyl groups excluding tert-OH is 1. The van der Waals surface area contributed by atoms with E-state index < -0.39 is 38.9 Å². The van der Waals surface area contributed by atoms with Crippen molar-refractivity contribution in [3.05, 3.63) is 65.2 Å². The number of hydrogen-bond donors (Lipinski definition) is 1. The average molecular weight is 553 g/mol. The summed E-state index contributed by atoms with van der Waals surface area (Å²) in [6.45, 7) is 1.37. The van der Waals surface area contributed by atoms with E-state index >= 15 is 0 Å². The SMILES string of the molecule is CN(C)CCN1C(=O)C(=O)C(=C(O)c2ccc(S(=O)(=O)N3CCCCC3)cc2)[C@]12C(=O)N(C)c1ccccc12. The number of benzene rings is 2. The third-order valence-corrected chi connectivity index (χ3v) is 9.70. The van der Waals surface area contributed by atoms with Gasteiger partial charge in [-0.2, -0.15) is 4.31 Å². The molecule has 2 saturated heterocycles. The number of rotatable bonds is 6. The number of fused-ring (bicyclic) bond motifs is 2. The lowest BCUT2D eigenvalue weighted by Gasteiger charge is -2.34. The van der Waals surface area contributed by atoms with E-state index in [1.807, 2.05) is 19.0 Å². The largest absolute Gasteiger partial charge is 0.507 e. The maximum Gasteiger partial charge on any atom is 0.296 e. The van der Waals surface area contributed by atoms with Gasteiger partial charge in [-0.15, -0.1) is 0 Å². The van der Waals surface area contributed by atoms with Gasteiger partial charge in [0.2, 0.25) is 10.0 Å². The molecule has 5 rings (SSSR count). The maximum absolute atomic E-state index is 14.0. The van der Waals surface area contributed by atoms with E-state index in [1.165, 1.54) is 38.4 Å². The quantitative estimate of drug-likeness (QED) is 0.331. The zero-order valence-corrected chi connectivity index (χ0v) is 23.1. The Hall–Kier alpha value is -3.54. The summed E-state index contributed by atoms with van der Waals surface area (Å²) in [7, 11) is 1.50. The Labute approximate surface area is 228 Å². The lowest BCUT2D eigenvalue weighted by molar-refractivity contribution is -0.143. The lowest BCUT2D eigenvalue weighted by atomic mass is 9.82. The lowest BCUT2D eigenvalue weighted by Crippen LogP contribution is -2.52. The number of sulfonamides is 1. The highest BCUT2D eigenvalue weighted by molar-refractivity contribution is 7.89. The molecule has 1 spiro atoms. The molecule has 1 atom stereocenters. The van der Waals surface area contributed by atoms with Gasteiger partial charge in [0.1, 0.15) is 5.76 Å². The number of Topliss-reactive ketones (excluding diaryl/α,β-unsaturated/α-hetero) is 1. The third kappa shape index (κ3) is 4.07. The first-order valence-corrected chi connectivity index (χ1v) is 14.4. The Balaban J connectivity index is 1.65. The van der Waals surface area contributed by atoms with Crippen molar-refractivity contribution in [1.82, 2.24) is 14.1 Å². The zero-order valence-electron chi connectivity index (χ0n) is 22.3. The molecule has 0 saturated carbocycles. The van der Waals surface area contributed by atoms with Crippen molar-refractivity contribution in [2.24, 2.45) is 0 Å². The predicted octanol–water partition coefficient (Wildman–Crippen LogP) is 1.98. The van der Waals surface area contributed by atoms with Crippen molar-refractivity contribution in [2.75, 3.05) is 52.2 Å². The molecular weight excluding hydrogens is 520 g/mol. The van der Waals surface area contributed by atoms with Crippen LogP contribution >= 0.6 is 0 Å². The Morgan fingerprint density at radius 1 is 0.974 bits per heavy atom. The van der Waals surface area contributed by atoms with E-state index in [2.05, 4.69) is 0 Å². The van der Waals surface area contributed by atoms with Crippen molar-refractivity contribution in [3.63, 3.8) is 0 Å². The molecule has 0 radical (unpaired) electrons. The molecule has 2 aromatic rings. The van der Waals surface area contributed by atoms with Crippen LogP contribution in [0.2, 0.25) is 0 Å². The van der Waals surface area contributed by atoms with Gasteiger partial charge in [0.05, 0.1) is 10.5 Å². The monoisotopic (exact) mass is 552 g/mol. The van der Waals surface area contributed by atoms with Crippen molar-refractivity contribution >= 4 is 39.1 Å². The molecule has 0 aliphatic carbocycles. The van der Waals surface area contributed by atoms with Gasteiger partial charge in [-0.25, -0.2) is 8.42 Å². The second-order valence-corrected chi connectivity index (χ2v) is 12.3. The predicted molar refractivity (Wildman–Crippen MR) is 145 cm³/mol. The van der Waals surface area contributed by atoms with Crippen LogP contribution in [0.15, 0.2) is 59.0 Å². The molecule has 0 aromatic heterocycles. The number of nitrogens with zero attached hydrogens (tertiary/aromatic N) is 4. The molecule has 2 amide bonds. The van der Waals surface area contributed by atoms with Crippen LogP contribution in [0.5, 0.6) is 0 Å². The average Bonchev–Trinajstić information content (AvgIpc) is 3.30. The van der Waals surface area contributed by atoms with Gasteiger partial charge in [0, 0.05) is 50.0 Å². The fourth-order valence-corrected chi connectivity index (χ4v) is 7.27. The Morgan fingerprint density at radius 2 is 1.62 bits per heavy atom. The highest BCUT2D eigenvalue weighted by Gasteiger charge is 2.66. The van der Waals surface area contributed by atoms with Crippen LogP contribution in [0.25, 0.3) is 5.76 Å². The molecule has 206 valence electrons. The number of hydrogen-bond acceptors (Lipinski definition) is 7. The number of ketones is 1. The van der Waals surface area contributed by atoms with E-state index in [1.54, 1.807) is 31.3 Å². The van der Waals surface area contributed by atoms with E-state index in [9.17, 15) is 27.9 Å². The van der Waals surface area contributed by atoms with Crippen molar-refractivity contribution in [1.29, 1.82) is 0 Å². The summed E-state index contributed by atoms with van der Waals surface area (Å²) in [4.78, 5) is 45.5. The van der Waals surface area contributed by atoms with E-state index in [0.717, 1.165) is 19.3 Å². The minimum Gasteiger partial charge on any atom is -0.507 e. The zero-order chi connectivity index (χ0) is 28.1. The first-order valence-electron chi connectivity index (χ1n) is 13.0. The van der Waals surface area contributed by atoms with Crippen LogP contribution in [-0.4, -0.2) is 92.5 Å². The molecular formula is C28H32N4O6S. The van der Waals surface area contributed by atoms with Crippen LogP contribution in [0, 0.1) is 0 Å².